The van der Waals surface area contributed by atoms with Crippen molar-refractivity contribution in [1.82, 2.24) is 4.98 Å². The summed E-state index contributed by atoms with van der Waals surface area (Å²) in [6.07, 6.45) is 3.41. The molecule has 1 fully saturated rings. The van der Waals surface area contributed by atoms with Crippen LogP contribution in [0.5, 0.6) is 0 Å². The molecule has 1 aromatic heterocycles. The largest absolute Gasteiger partial charge is 0.469 e. The van der Waals surface area contributed by atoms with E-state index in [4.69, 9.17) is 18.3 Å². The molecular weight excluding hydrogens is 434 g/mol. The number of carbonyl (C=O) groups excluding carboxylic acids is 1. The molecule has 7 heteroatoms. The Labute approximate surface area is 201 Å². The zero-order valence-electron chi connectivity index (χ0n) is 22.5. The highest BCUT2D eigenvalue weighted by atomic mass is 28.4. The highest BCUT2D eigenvalue weighted by molar-refractivity contribution is 6.77. The second-order valence-electron chi connectivity index (χ2n) is 10.7. The van der Waals surface area contributed by atoms with Crippen LogP contribution in [0.3, 0.4) is 0 Å². The summed E-state index contributed by atoms with van der Waals surface area (Å²) in [5, 5.41) is 0. The Morgan fingerprint density at radius 1 is 1.12 bits per heavy atom. The molecule has 188 valence electrons. The number of carbonyl (C=O) groups is 1. The van der Waals surface area contributed by atoms with E-state index in [0.717, 1.165) is 11.3 Å². The molecule has 2 heterocycles. The molecule has 0 aliphatic carbocycles. The number of hydrogen-bond donors (Lipinski definition) is 0. The Balaban J connectivity index is 2.47. The van der Waals surface area contributed by atoms with Crippen molar-refractivity contribution in [2.24, 2.45) is 11.8 Å². The van der Waals surface area contributed by atoms with Crippen LogP contribution in [0.2, 0.25) is 16.6 Å². The summed E-state index contributed by atoms with van der Waals surface area (Å²) in [5.74, 6) is 0.571. The molecule has 6 nitrogen and oxygen atoms in total. The molecule has 1 aliphatic rings. The molecule has 0 radical (unpaired) electrons. The van der Waals surface area contributed by atoms with Gasteiger partial charge in [0, 0.05) is 18.8 Å². The van der Waals surface area contributed by atoms with E-state index in [1.165, 1.54) is 7.11 Å². The zero-order chi connectivity index (χ0) is 25.1. The van der Waals surface area contributed by atoms with Gasteiger partial charge >= 0.3 is 5.97 Å². The number of methoxy groups -OCH3 is 1. The van der Waals surface area contributed by atoms with Crippen LogP contribution in [0.4, 0.5) is 0 Å². The topological polar surface area (TPSA) is 70.8 Å². The molecule has 33 heavy (non-hydrogen) atoms. The third-order valence-electron chi connectivity index (χ3n) is 7.53. The summed E-state index contributed by atoms with van der Waals surface area (Å²) in [6.45, 7) is 22.1. The maximum absolute atomic E-state index is 12.2. The van der Waals surface area contributed by atoms with Crippen LogP contribution >= 0.6 is 0 Å². The Morgan fingerprint density at radius 3 is 2.15 bits per heavy atom. The molecule has 0 spiro atoms. The Bertz CT molecular complexity index is 794. The molecule has 0 unspecified atom stereocenters. The molecule has 0 N–H and O–H groups in total. The van der Waals surface area contributed by atoms with E-state index in [2.05, 4.69) is 67.3 Å². The van der Waals surface area contributed by atoms with Crippen molar-refractivity contribution in [2.45, 2.75) is 111 Å². The summed E-state index contributed by atoms with van der Waals surface area (Å²) >= 11 is 0. The van der Waals surface area contributed by atoms with Gasteiger partial charge in [-0.2, -0.15) is 0 Å². The minimum absolute atomic E-state index is 0.0142. The van der Waals surface area contributed by atoms with Crippen molar-refractivity contribution in [2.75, 3.05) is 7.11 Å². The van der Waals surface area contributed by atoms with Gasteiger partial charge in [0.05, 0.1) is 31.8 Å². The molecule has 1 aliphatic heterocycles. The third-order valence-corrected chi connectivity index (χ3v) is 13.6. The first-order valence-electron chi connectivity index (χ1n) is 12.3. The van der Waals surface area contributed by atoms with E-state index >= 15 is 0 Å². The number of nitrogens with zero attached hydrogens (tertiary/aromatic N) is 1. The quantitative estimate of drug-likeness (QED) is 0.295. The van der Waals surface area contributed by atoms with Gasteiger partial charge in [-0.15, -0.1) is 0 Å². The van der Waals surface area contributed by atoms with Crippen LogP contribution in [0.25, 0.3) is 6.08 Å². The van der Waals surface area contributed by atoms with Crippen molar-refractivity contribution in [3.63, 3.8) is 0 Å². The minimum atomic E-state index is -2.13. The molecule has 0 saturated carbocycles. The van der Waals surface area contributed by atoms with Crippen molar-refractivity contribution in [3.8, 4) is 0 Å². The first kappa shape index (κ1) is 27.8. The predicted molar refractivity (Wildman–Crippen MR) is 134 cm³/mol. The molecule has 0 aromatic carbocycles. The first-order chi connectivity index (χ1) is 15.3. The van der Waals surface area contributed by atoms with E-state index in [9.17, 15) is 4.79 Å². The van der Waals surface area contributed by atoms with Gasteiger partial charge in [-0.05, 0) is 35.2 Å². The van der Waals surface area contributed by atoms with Crippen molar-refractivity contribution in [1.29, 1.82) is 0 Å². The molecule has 2 rings (SSSR count). The standard InChI is InChI=1S/C26H45NO5Si/c1-15(2)33(16(3)4,17(5)6)32-26-19(8)23(13-24(28)29-11)31-25(20(26)9)18(7)12-22-14-30-21(10)27-22/h12,14-17,19-20,23,25-26H,13H2,1-11H3/b18-12+/t19-,20-,23+,25-,26-/m0/s1. The summed E-state index contributed by atoms with van der Waals surface area (Å²) in [5.41, 5.74) is 3.26. The lowest BCUT2D eigenvalue weighted by atomic mass is 9.79. The highest BCUT2D eigenvalue weighted by Gasteiger charge is 2.51. The van der Waals surface area contributed by atoms with Crippen molar-refractivity contribution in [3.05, 3.63) is 23.4 Å². The van der Waals surface area contributed by atoms with Gasteiger partial charge in [-0.3, -0.25) is 4.79 Å². The fourth-order valence-corrected chi connectivity index (χ4v) is 11.6. The normalized spacial score (nSPS) is 27.0. The minimum Gasteiger partial charge on any atom is -0.469 e. The summed E-state index contributed by atoms with van der Waals surface area (Å²) in [4.78, 5) is 16.6. The molecule has 0 amide bonds. The van der Waals surface area contributed by atoms with Gasteiger partial charge in [0.15, 0.2) is 5.89 Å². The summed E-state index contributed by atoms with van der Waals surface area (Å²) in [6, 6.07) is 0. The smallest absolute Gasteiger partial charge is 0.308 e. The lowest BCUT2D eigenvalue weighted by molar-refractivity contribution is -0.165. The van der Waals surface area contributed by atoms with E-state index in [-0.39, 0.29) is 42.5 Å². The van der Waals surface area contributed by atoms with Gasteiger partial charge in [-0.25, -0.2) is 4.98 Å². The van der Waals surface area contributed by atoms with Gasteiger partial charge in [0.2, 0.25) is 8.32 Å². The number of aromatic nitrogens is 1. The summed E-state index contributed by atoms with van der Waals surface area (Å²) < 4.78 is 24.2. The van der Waals surface area contributed by atoms with E-state index in [1.54, 1.807) is 6.26 Å². The fourth-order valence-electron chi connectivity index (χ4n) is 5.92. The maximum atomic E-state index is 12.2. The Hall–Kier alpha value is -1.44. The second kappa shape index (κ2) is 11.3. The van der Waals surface area contributed by atoms with Crippen LogP contribution in [0.15, 0.2) is 16.3 Å². The zero-order valence-corrected chi connectivity index (χ0v) is 23.5. The maximum Gasteiger partial charge on any atom is 0.308 e. The highest BCUT2D eigenvalue weighted by Crippen LogP contribution is 2.47. The molecule has 1 aromatic rings. The molecule has 1 saturated heterocycles. The third kappa shape index (κ3) is 5.98. The average Bonchev–Trinajstić information content (AvgIpc) is 3.13. The van der Waals surface area contributed by atoms with Crippen molar-refractivity contribution >= 4 is 20.4 Å². The van der Waals surface area contributed by atoms with E-state index < -0.39 is 8.32 Å². The first-order valence-corrected chi connectivity index (χ1v) is 14.5. The second-order valence-corrected chi connectivity index (χ2v) is 16.1. The number of ether oxygens (including phenoxy) is 2. The van der Waals surface area contributed by atoms with E-state index in [0.29, 0.717) is 22.5 Å². The van der Waals surface area contributed by atoms with Crippen LogP contribution in [-0.4, -0.2) is 44.7 Å². The Morgan fingerprint density at radius 2 is 1.70 bits per heavy atom. The number of hydrogen-bond acceptors (Lipinski definition) is 6. The number of oxazole rings is 1. The fraction of sp³-hybridized carbons (Fsp3) is 0.769. The average molecular weight is 480 g/mol. The number of aryl methyl sites for hydroxylation is 1. The summed E-state index contributed by atoms with van der Waals surface area (Å²) in [7, 11) is -0.703. The molecular formula is C26H45NO5Si. The lowest BCUT2D eigenvalue weighted by Crippen LogP contribution is -2.58. The van der Waals surface area contributed by atoms with Crippen LogP contribution in [-0.2, 0) is 18.7 Å². The van der Waals surface area contributed by atoms with Gasteiger partial charge in [0.1, 0.15) is 12.0 Å². The van der Waals surface area contributed by atoms with E-state index in [1.807, 2.05) is 13.0 Å². The van der Waals surface area contributed by atoms with Crippen molar-refractivity contribution < 1.29 is 23.1 Å². The van der Waals surface area contributed by atoms with Gasteiger partial charge < -0.3 is 18.3 Å². The van der Waals surface area contributed by atoms with Gasteiger partial charge in [-0.1, -0.05) is 55.4 Å². The SMILES string of the molecule is COC(=O)C[C@H]1O[C@@H](/C(C)=C/c2coc(C)n2)[C@H](C)[C@@H](O[Si](C(C)C)(C(C)C)C(C)C)[C@H]1C. The molecule has 5 atom stereocenters. The van der Waals surface area contributed by atoms with Gasteiger partial charge in [0.25, 0.3) is 0 Å². The lowest BCUT2D eigenvalue weighted by Gasteiger charge is -2.52. The predicted octanol–water partition coefficient (Wildman–Crippen LogP) is 6.55. The van der Waals surface area contributed by atoms with Crippen LogP contribution in [0.1, 0.15) is 80.3 Å². The van der Waals surface area contributed by atoms with Crippen LogP contribution in [0, 0.1) is 18.8 Å². The van der Waals surface area contributed by atoms with Crippen LogP contribution < -0.4 is 0 Å². The molecule has 0 bridgehead atoms. The Kier molecular flexibility index (Phi) is 9.54. The number of esters is 1. The number of rotatable bonds is 9. The monoisotopic (exact) mass is 479 g/mol.